The lowest BCUT2D eigenvalue weighted by Crippen LogP contribution is -2.21. The maximum atomic E-state index is 12.7. The van der Waals surface area contributed by atoms with Crippen molar-refractivity contribution in [1.29, 1.82) is 0 Å². The second kappa shape index (κ2) is 6.58. The van der Waals surface area contributed by atoms with E-state index in [4.69, 9.17) is 4.74 Å². The molecule has 0 radical (unpaired) electrons. The summed E-state index contributed by atoms with van der Waals surface area (Å²) in [4.78, 5) is 0. The number of nitrogens with one attached hydrogen (secondary N) is 1. The highest BCUT2D eigenvalue weighted by Gasteiger charge is 2.11. The number of anilines is 1. The largest absolute Gasteiger partial charge is 0.492 e. The van der Waals surface area contributed by atoms with Crippen molar-refractivity contribution in [3.63, 3.8) is 0 Å². The number of rotatable bonds is 6. The molecule has 21 heavy (non-hydrogen) atoms. The van der Waals surface area contributed by atoms with Gasteiger partial charge < -0.3 is 4.74 Å². The van der Waals surface area contributed by atoms with Gasteiger partial charge in [0.25, 0.3) is 0 Å². The van der Waals surface area contributed by atoms with Gasteiger partial charge in [-0.15, -0.1) is 0 Å². The summed E-state index contributed by atoms with van der Waals surface area (Å²) >= 11 is 0. The summed E-state index contributed by atoms with van der Waals surface area (Å²) in [6.07, 6.45) is 0. The minimum Gasteiger partial charge on any atom is -0.492 e. The van der Waals surface area contributed by atoms with Gasteiger partial charge in [-0.2, -0.15) is 0 Å². The second-order valence-corrected chi connectivity index (χ2v) is 6.38. The van der Waals surface area contributed by atoms with Crippen LogP contribution in [-0.4, -0.2) is 20.8 Å². The van der Waals surface area contributed by atoms with Crippen molar-refractivity contribution in [3.05, 3.63) is 59.9 Å². The highest BCUT2D eigenvalue weighted by molar-refractivity contribution is 7.92. The summed E-state index contributed by atoms with van der Waals surface area (Å²) in [7, 11) is -3.48. The molecule has 0 amide bonds. The van der Waals surface area contributed by atoms with E-state index in [1.54, 1.807) is 12.1 Å². The van der Waals surface area contributed by atoms with Crippen molar-refractivity contribution in [2.24, 2.45) is 0 Å². The van der Waals surface area contributed by atoms with Crippen molar-refractivity contribution in [3.8, 4) is 5.75 Å². The van der Waals surface area contributed by atoms with E-state index in [1.807, 2.05) is 19.1 Å². The van der Waals surface area contributed by atoms with Gasteiger partial charge >= 0.3 is 0 Å². The molecule has 0 spiro atoms. The van der Waals surface area contributed by atoms with Crippen LogP contribution in [0.1, 0.15) is 5.56 Å². The number of hydrogen-bond donors (Lipinski definition) is 1. The van der Waals surface area contributed by atoms with Gasteiger partial charge in [0.05, 0.1) is 5.69 Å². The summed E-state index contributed by atoms with van der Waals surface area (Å²) in [5.74, 6) is -0.114. The van der Waals surface area contributed by atoms with Gasteiger partial charge in [0, 0.05) is 0 Å². The predicted molar refractivity (Wildman–Crippen MR) is 80.5 cm³/mol. The molecule has 6 heteroatoms. The van der Waals surface area contributed by atoms with E-state index in [0.29, 0.717) is 11.4 Å². The number of hydrogen-bond acceptors (Lipinski definition) is 3. The summed E-state index contributed by atoms with van der Waals surface area (Å²) in [6, 6.07) is 12.6. The first-order valence-electron chi connectivity index (χ1n) is 6.41. The van der Waals surface area contributed by atoms with Gasteiger partial charge in [-0.1, -0.05) is 18.2 Å². The molecule has 0 saturated carbocycles. The molecule has 0 aliphatic carbocycles. The van der Waals surface area contributed by atoms with E-state index >= 15 is 0 Å². The SMILES string of the molecule is Cc1ccccc1NS(=O)(=O)CCOc1ccc(F)cc1. The quantitative estimate of drug-likeness (QED) is 0.892. The standard InChI is InChI=1S/C15H16FNO3S/c1-12-4-2-3-5-15(12)17-21(18,19)11-10-20-14-8-6-13(16)7-9-14/h2-9,17H,10-11H2,1H3. The van der Waals surface area contributed by atoms with Crippen LogP contribution >= 0.6 is 0 Å². The molecule has 2 aromatic carbocycles. The zero-order chi connectivity index (χ0) is 15.3. The van der Waals surface area contributed by atoms with Gasteiger partial charge in [0.1, 0.15) is 23.9 Å². The first-order chi connectivity index (χ1) is 9.96. The van der Waals surface area contributed by atoms with Crippen LogP contribution in [0.25, 0.3) is 0 Å². The molecular formula is C15H16FNO3S. The first kappa shape index (κ1) is 15.3. The number of benzene rings is 2. The Balaban J connectivity index is 1.90. The minimum atomic E-state index is -3.48. The average molecular weight is 309 g/mol. The monoisotopic (exact) mass is 309 g/mol. The van der Waals surface area contributed by atoms with Crippen LogP contribution in [0.5, 0.6) is 5.75 Å². The highest BCUT2D eigenvalue weighted by Crippen LogP contribution is 2.15. The lowest BCUT2D eigenvalue weighted by atomic mass is 10.2. The number of sulfonamides is 1. The van der Waals surface area contributed by atoms with Gasteiger partial charge in [0.15, 0.2) is 0 Å². The van der Waals surface area contributed by atoms with Crippen LogP contribution in [0, 0.1) is 12.7 Å². The maximum absolute atomic E-state index is 12.7. The molecule has 0 bridgehead atoms. The van der Waals surface area contributed by atoms with Crippen LogP contribution < -0.4 is 9.46 Å². The Hall–Kier alpha value is -2.08. The minimum absolute atomic E-state index is 0.00710. The zero-order valence-corrected chi connectivity index (χ0v) is 12.4. The molecule has 0 aliphatic rings. The summed E-state index contributed by atoms with van der Waals surface area (Å²) in [5, 5.41) is 0. The van der Waals surface area contributed by atoms with Gasteiger partial charge in [-0.05, 0) is 42.8 Å². The van der Waals surface area contributed by atoms with Crippen LogP contribution in [0.4, 0.5) is 10.1 Å². The normalized spacial score (nSPS) is 11.1. The molecular weight excluding hydrogens is 293 g/mol. The predicted octanol–water partition coefficient (Wildman–Crippen LogP) is 2.95. The molecule has 1 N–H and O–H groups in total. The summed E-state index contributed by atoms with van der Waals surface area (Å²) < 4.78 is 44.4. The molecule has 0 fully saturated rings. The third kappa shape index (κ3) is 4.75. The molecule has 0 heterocycles. The van der Waals surface area contributed by atoms with E-state index < -0.39 is 10.0 Å². The van der Waals surface area contributed by atoms with Crippen molar-refractivity contribution < 1.29 is 17.5 Å². The maximum Gasteiger partial charge on any atom is 0.236 e. The topological polar surface area (TPSA) is 55.4 Å². The summed E-state index contributed by atoms with van der Waals surface area (Å²) in [6.45, 7) is 1.82. The van der Waals surface area contributed by atoms with E-state index in [1.165, 1.54) is 24.3 Å². The van der Waals surface area contributed by atoms with Gasteiger partial charge in [-0.25, -0.2) is 12.8 Å². The molecule has 0 saturated heterocycles. The van der Waals surface area contributed by atoms with Crippen LogP contribution in [0.15, 0.2) is 48.5 Å². The average Bonchev–Trinajstić information content (AvgIpc) is 2.43. The smallest absolute Gasteiger partial charge is 0.236 e. The summed E-state index contributed by atoms with van der Waals surface area (Å²) in [5.41, 5.74) is 1.40. The van der Waals surface area contributed by atoms with Gasteiger partial charge in [-0.3, -0.25) is 4.72 Å². The molecule has 112 valence electrons. The zero-order valence-electron chi connectivity index (χ0n) is 11.5. The third-order valence-corrected chi connectivity index (χ3v) is 4.08. The van der Waals surface area contributed by atoms with Crippen LogP contribution in [-0.2, 0) is 10.0 Å². The number of ether oxygens (including phenoxy) is 1. The molecule has 0 aromatic heterocycles. The first-order valence-corrected chi connectivity index (χ1v) is 8.06. The third-order valence-electron chi connectivity index (χ3n) is 2.84. The van der Waals surface area contributed by atoms with Crippen molar-refractivity contribution >= 4 is 15.7 Å². The number of halogens is 1. The van der Waals surface area contributed by atoms with Crippen LogP contribution in [0.2, 0.25) is 0 Å². The molecule has 0 atom stereocenters. The Kier molecular flexibility index (Phi) is 4.80. The Labute approximate surface area is 123 Å². The van der Waals surface area contributed by atoms with Crippen molar-refractivity contribution in [1.82, 2.24) is 0 Å². The molecule has 4 nitrogen and oxygen atoms in total. The Morgan fingerprint density at radius 3 is 2.43 bits per heavy atom. The fourth-order valence-electron chi connectivity index (χ4n) is 1.71. The molecule has 2 rings (SSSR count). The molecule has 0 unspecified atom stereocenters. The Morgan fingerprint density at radius 1 is 1.10 bits per heavy atom. The van der Waals surface area contributed by atoms with E-state index in [2.05, 4.69) is 4.72 Å². The van der Waals surface area contributed by atoms with Gasteiger partial charge in [0.2, 0.25) is 10.0 Å². The number of aryl methyl sites for hydroxylation is 1. The van der Waals surface area contributed by atoms with E-state index in [0.717, 1.165) is 5.56 Å². The van der Waals surface area contributed by atoms with E-state index in [9.17, 15) is 12.8 Å². The van der Waals surface area contributed by atoms with Crippen LogP contribution in [0.3, 0.4) is 0 Å². The van der Waals surface area contributed by atoms with E-state index in [-0.39, 0.29) is 18.2 Å². The fraction of sp³-hybridized carbons (Fsp3) is 0.200. The highest BCUT2D eigenvalue weighted by atomic mass is 32.2. The Bertz CT molecular complexity index is 699. The second-order valence-electron chi connectivity index (χ2n) is 4.54. The Morgan fingerprint density at radius 2 is 1.76 bits per heavy atom. The lowest BCUT2D eigenvalue weighted by Gasteiger charge is -2.11. The lowest BCUT2D eigenvalue weighted by molar-refractivity contribution is 0.340. The molecule has 0 aliphatic heterocycles. The van der Waals surface area contributed by atoms with Crippen molar-refractivity contribution in [2.45, 2.75) is 6.92 Å². The van der Waals surface area contributed by atoms with Crippen molar-refractivity contribution in [2.75, 3.05) is 17.1 Å². The fourth-order valence-corrected chi connectivity index (χ4v) is 2.67. The number of para-hydroxylation sites is 1. The molecule has 2 aromatic rings.